The number of aromatic nitrogens is 1. The van der Waals surface area contributed by atoms with Crippen molar-refractivity contribution in [2.24, 2.45) is 0 Å². The number of aliphatic hydroxyl groups excluding tert-OH is 1. The zero-order chi connectivity index (χ0) is 26.6. The van der Waals surface area contributed by atoms with Crippen LogP contribution in [0.5, 0.6) is 0 Å². The molecule has 37 heavy (non-hydrogen) atoms. The Morgan fingerprint density at radius 3 is 2.49 bits per heavy atom. The highest BCUT2D eigenvalue weighted by molar-refractivity contribution is 7.22. The normalized spacial score (nSPS) is 17.1. The molecule has 1 atom stereocenters. The number of nitro groups is 1. The van der Waals surface area contributed by atoms with Gasteiger partial charge in [0.25, 0.3) is 11.5 Å². The lowest BCUT2D eigenvalue weighted by molar-refractivity contribution is -0.384. The van der Waals surface area contributed by atoms with Crippen LogP contribution in [0.15, 0.2) is 60.2 Å². The molecule has 1 unspecified atom stereocenters. The Kier molecular flexibility index (Phi) is 5.88. The Balaban J connectivity index is 1.79. The molecule has 1 aliphatic heterocycles. The van der Waals surface area contributed by atoms with E-state index in [9.17, 15) is 24.8 Å². The van der Waals surface area contributed by atoms with E-state index in [1.165, 1.54) is 34.4 Å². The summed E-state index contributed by atoms with van der Waals surface area (Å²) in [7, 11) is 0. The third-order valence-corrected chi connectivity index (χ3v) is 7.52. The van der Waals surface area contributed by atoms with E-state index in [4.69, 9.17) is 0 Å². The van der Waals surface area contributed by atoms with Gasteiger partial charge in [0.2, 0.25) is 0 Å². The number of nitrogens with zero attached hydrogens (tertiary/aromatic N) is 3. The monoisotopic (exact) mass is 513 g/mol. The predicted octanol–water partition coefficient (Wildman–Crippen LogP) is 6.06. The van der Waals surface area contributed by atoms with Crippen molar-refractivity contribution in [1.29, 1.82) is 0 Å². The Labute approximate surface area is 216 Å². The van der Waals surface area contributed by atoms with Crippen LogP contribution in [0, 0.1) is 37.8 Å². The fraction of sp³-hybridized carbons (Fsp3) is 0.179. The van der Waals surface area contributed by atoms with Crippen molar-refractivity contribution in [2.75, 3.05) is 4.90 Å². The SMILES string of the molecule is Cc1ccc(C)c(/C(O)=C2\C(=O)C(=O)N(c3nc4c(C)cc(C)cc4s3)C2c2cccc([N+](=O)[O-])c2)c1. The van der Waals surface area contributed by atoms with Gasteiger partial charge < -0.3 is 5.11 Å². The number of amides is 1. The van der Waals surface area contributed by atoms with Gasteiger partial charge in [-0.2, -0.15) is 0 Å². The predicted molar refractivity (Wildman–Crippen MR) is 143 cm³/mol. The van der Waals surface area contributed by atoms with E-state index in [-0.39, 0.29) is 22.2 Å². The number of anilines is 1. The van der Waals surface area contributed by atoms with Crippen LogP contribution in [-0.2, 0) is 9.59 Å². The van der Waals surface area contributed by atoms with Gasteiger partial charge in [0.1, 0.15) is 5.76 Å². The molecule has 9 heteroatoms. The first-order valence-corrected chi connectivity index (χ1v) is 12.4. The molecular weight excluding hydrogens is 490 g/mol. The Morgan fingerprint density at radius 1 is 1.00 bits per heavy atom. The van der Waals surface area contributed by atoms with E-state index in [1.54, 1.807) is 19.1 Å². The van der Waals surface area contributed by atoms with Gasteiger partial charge in [-0.1, -0.05) is 47.2 Å². The minimum absolute atomic E-state index is 0.133. The van der Waals surface area contributed by atoms with E-state index in [0.29, 0.717) is 16.6 Å². The van der Waals surface area contributed by atoms with Gasteiger partial charge in [0.15, 0.2) is 5.13 Å². The number of benzene rings is 3. The number of aliphatic hydroxyl groups is 1. The summed E-state index contributed by atoms with van der Waals surface area (Å²) in [6, 6.07) is 14.1. The second kappa shape index (κ2) is 8.94. The molecule has 0 saturated carbocycles. The topological polar surface area (TPSA) is 114 Å². The van der Waals surface area contributed by atoms with Gasteiger partial charge in [-0.25, -0.2) is 4.98 Å². The second-order valence-corrected chi connectivity index (χ2v) is 10.3. The number of hydrogen-bond acceptors (Lipinski definition) is 7. The lowest BCUT2D eigenvalue weighted by Crippen LogP contribution is -2.29. The maximum atomic E-state index is 13.5. The maximum absolute atomic E-state index is 13.5. The van der Waals surface area contributed by atoms with Gasteiger partial charge in [-0.15, -0.1) is 0 Å². The standard InChI is InChI=1S/C28H23N3O5S/c1-14-8-9-16(3)20(11-14)25(32)22-24(18-6-5-7-19(13-18)31(35)36)30(27(34)26(22)33)28-29-23-17(4)10-15(2)12-21(23)37-28/h5-13,24,32H,1-4H3/b25-22+. The molecule has 3 aromatic carbocycles. The summed E-state index contributed by atoms with van der Waals surface area (Å²) in [6.45, 7) is 7.54. The van der Waals surface area contributed by atoms with E-state index < -0.39 is 22.7 Å². The summed E-state index contributed by atoms with van der Waals surface area (Å²) in [6.07, 6.45) is 0. The van der Waals surface area contributed by atoms with E-state index >= 15 is 0 Å². The average Bonchev–Trinajstić information content (AvgIpc) is 3.39. The number of rotatable bonds is 4. The number of aryl methyl sites for hydroxylation is 4. The summed E-state index contributed by atoms with van der Waals surface area (Å²) < 4.78 is 0.849. The first-order chi connectivity index (χ1) is 17.6. The van der Waals surface area contributed by atoms with Crippen LogP contribution in [0.3, 0.4) is 0 Å². The summed E-state index contributed by atoms with van der Waals surface area (Å²) in [4.78, 5) is 43.9. The number of thiazole rings is 1. The van der Waals surface area contributed by atoms with Gasteiger partial charge in [0.05, 0.1) is 26.8 Å². The number of ketones is 1. The number of hydrogen-bond donors (Lipinski definition) is 1. The molecule has 1 fully saturated rings. The molecule has 0 radical (unpaired) electrons. The van der Waals surface area contributed by atoms with Crippen LogP contribution < -0.4 is 4.90 Å². The van der Waals surface area contributed by atoms with Crippen molar-refractivity contribution in [3.8, 4) is 0 Å². The molecule has 186 valence electrons. The van der Waals surface area contributed by atoms with Crippen LogP contribution in [-0.4, -0.2) is 26.7 Å². The molecule has 0 spiro atoms. The molecule has 4 aromatic rings. The number of carbonyl (C=O) groups is 2. The molecule has 1 aromatic heterocycles. The smallest absolute Gasteiger partial charge is 0.301 e. The first-order valence-electron chi connectivity index (χ1n) is 11.6. The maximum Gasteiger partial charge on any atom is 0.301 e. The molecule has 1 amide bonds. The number of fused-ring (bicyclic) bond motifs is 1. The van der Waals surface area contributed by atoms with E-state index in [0.717, 1.165) is 27.0 Å². The lowest BCUT2D eigenvalue weighted by Gasteiger charge is -2.23. The molecule has 1 N–H and O–H groups in total. The highest BCUT2D eigenvalue weighted by atomic mass is 32.1. The summed E-state index contributed by atoms with van der Waals surface area (Å²) in [5, 5.41) is 23.3. The summed E-state index contributed by atoms with van der Waals surface area (Å²) >= 11 is 1.26. The van der Waals surface area contributed by atoms with Crippen LogP contribution in [0.2, 0.25) is 0 Å². The molecule has 5 rings (SSSR count). The molecule has 0 aliphatic carbocycles. The Bertz CT molecular complexity index is 1670. The highest BCUT2D eigenvalue weighted by Gasteiger charge is 2.48. The van der Waals surface area contributed by atoms with E-state index in [2.05, 4.69) is 4.98 Å². The summed E-state index contributed by atoms with van der Waals surface area (Å²) in [5.74, 6) is -2.05. The Morgan fingerprint density at radius 2 is 1.76 bits per heavy atom. The van der Waals surface area contributed by atoms with Crippen molar-refractivity contribution in [2.45, 2.75) is 33.7 Å². The summed E-state index contributed by atoms with van der Waals surface area (Å²) in [5.41, 5.74) is 4.68. The fourth-order valence-corrected chi connectivity index (χ4v) is 5.92. The molecule has 0 bridgehead atoms. The molecule has 8 nitrogen and oxygen atoms in total. The zero-order valence-electron chi connectivity index (χ0n) is 20.6. The molecular formula is C28H23N3O5S. The van der Waals surface area contributed by atoms with E-state index in [1.807, 2.05) is 45.0 Å². The molecule has 1 aliphatic rings. The second-order valence-electron chi connectivity index (χ2n) is 9.26. The lowest BCUT2D eigenvalue weighted by atomic mass is 9.93. The highest BCUT2D eigenvalue weighted by Crippen LogP contribution is 2.45. The number of non-ortho nitro benzene ring substituents is 1. The van der Waals surface area contributed by atoms with Gasteiger partial charge in [-0.3, -0.25) is 24.6 Å². The van der Waals surface area contributed by atoms with Crippen LogP contribution >= 0.6 is 11.3 Å². The first kappa shape index (κ1) is 24.3. The minimum atomic E-state index is -1.10. The number of carbonyl (C=O) groups excluding carboxylic acids is 2. The van der Waals surface area contributed by atoms with Crippen molar-refractivity contribution < 1.29 is 19.6 Å². The minimum Gasteiger partial charge on any atom is -0.507 e. The Hall–Kier alpha value is -4.37. The zero-order valence-corrected chi connectivity index (χ0v) is 21.4. The van der Waals surface area contributed by atoms with Crippen molar-refractivity contribution in [3.05, 3.63) is 104 Å². The van der Waals surface area contributed by atoms with Crippen molar-refractivity contribution in [1.82, 2.24) is 4.98 Å². The number of nitro benzene ring substituents is 1. The van der Waals surface area contributed by atoms with Gasteiger partial charge >= 0.3 is 5.91 Å². The third kappa shape index (κ3) is 4.07. The van der Waals surface area contributed by atoms with Crippen LogP contribution in [0.25, 0.3) is 16.0 Å². The van der Waals surface area contributed by atoms with Crippen LogP contribution in [0.1, 0.15) is 39.4 Å². The fourth-order valence-electron chi connectivity index (χ4n) is 4.75. The third-order valence-electron chi connectivity index (χ3n) is 6.51. The largest absolute Gasteiger partial charge is 0.507 e. The molecule has 2 heterocycles. The van der Waals surface area contributed by atoms with Crippen molar-refractivity contribution >= 4 is 49.8 Å². The van der Waals surface area contributed by atoms with Crippen LogP contribution in [0.4, 0.5) is 10.8 Å². The van der Waals surface area contributed by atoms with Gasteiger partial charge in [0, 0.05) is 17.7 Å². The van der Waals surface area contributed by atoms with Crippen molar-refractivity contribution in [3.63, 3.8) is 0 Å². The molecule has 1 saturated heterocycles. The quantitative estimate of drug-likeness (QED) is 0.117. The average molecular weight is 514 g/mol. The number of Topliss-reactive ketones (excluding diaryl/α,β-unsaturated/α-hetero) is 1. The van der Waals surface area contributed by atoms with Gasteiger partial charge in [-0.05, 0) is 62.1 Å².